The first-order valence-electron chi connectivity index (χ1n) is 8.83. The van der Waals surface area contributed by atoms with Crippen molar-refractivity contribution in [1.29, 1.82) is 0 Å². The highest BCUT2D eigenvalue weighted by molar-refractivity contribution is 6.68. The van der Waals surface area contributed by atoms with Crippen molar-refractivity contribution in [1.82, 2.24) is 4.98 Å². The third-order valence-corrected chi connectivity index (χ3v) is 5.78. The summed E-state index contributed by atoms with van der Waals surface area (Å²) >= 11 is 0. The van der Waals surface area contributed by atoms with Crippen LogP contribution in [0.3, 0.4) is 0 Å². The summed E-state index contributed by atoms with van der Waals surface area (Å²) in [5.74, 6) is 0.888. The van der Waals surface area contributed by atoms with Crippen LogP contribution in [0.4, 0.5) is 5.82 Å². The Bertz CT molecular complexity index is 737. The van der Waals surface area contributed by atoms with Gasteiger partial charge in [-0.2, -0.15) is 0 Å². The molecule has 130 valence electrons. The highest BCUT2D eigenvalue weighted by Crippen LogP contribution is 2.45. The number of aromatic nitrogens is 1. The molecule has 0 radical (unpaired) electrons. The molecule has 1 aliphatic heterocycles. The van der Waals surface area contributed by atoms with Crippen molar-refractivity contribution in [3.8, 4) is 0 Å². The fourth-order valence-corrected chi connectivity index (χ4v) is 3.23. The molecule has 1 aromatic heterocycles. The molecule has 1 aromatic carbocycles. The van der Waals surface area contributed by atoms with Crippen molar-refractivity contribution in [2.45, 2.75) is 39.6 Å². The van der Waals surface area contributed by atoms with Crippen molar-refractivity contribution in [2.24, 2.45) is 5.41 Å². The summed E-state index contributed by atoms with van der Waals surface area (Å²) in [6, 6.07) is 14.5. The molecule has 0 spiro atoms. The summed E-state index contributed by atoms with van der Waals surface area (Å²) in [6.45, 7) is 13.3. The molecule has 0 atom stereocenters. The van der Waals surface area contributed by atoms with Crippen molar-refractivity contribution < 1.29 is 4.65 Å². The predicted molar refractivity (Wildman–Crippen MR) is 107 cm³/mol. The summed E-state index contributed by atoms with van der Waals surface area (Å²) in [5.41, 5.74) is 3.31. The maximum Gasteiger partial charge on any atom is 0.327 e. The molecule has 0 aliphatic carbocycles. The Morgan fingerprint density at radius 2 is 1.80 bits per heavy atom. The Hall–Kier alpha value is -2.07. The van der Waals surface area contributed by atoms with Crippen molar-refractivity contribution in [2.75, 3.05) is 11.9 Å². The molecule has 0 unspecified atom stereocenters. The van der Waals surface area contributed by atoms with Gasteiger partial charge in [0, 0.05) is 18.9 Å². The molecule has 3 rings (SSSR count). The van der Waals surface area contributed by atoms with E-state index in [1.165, 1.54) is 5.46 Å². The van der Waals surface area contributed by atoms with E-state index in [0.717, 1.165) is 23.4 Å². The van der Waals surface area contributed by atoms with Crippen LogP contribution in [0, 0.1) is 5.41 Å². The van der Waals surface area contributed by atoms with Gasteiger partial charge in [0.1, 0.15) is 5.82 Å². The van der Waals surface area contributed by atoms with Gasteiger partial charge >= 0.3 is 6.92 Å². The average molecular weight is 334 g/mol. The van der Waals surface area contributed by atoms with Crippen molar-refractivity contribution >= 4 is 23.9 Å². The number of hydrogen-bond donors (Lipinski definition) is 0. The monoisotopic (exact) mass is 334 g/mol. The molecule has 1 aliphatic rings. The van der Waals surface area contributed by atoms with E-state index in [9.17, 15) is 0 Å². The average Bonchev–Trinajstić information content (AvgIpc) is 2.82. The van der Waals surface area contributed by atoms with Gasteiger partial charge in [0.15, 0.2) is 0 Å². The van der Waals surface area contributed by atoms with Crippen LogP contribution in [0.2, 0.25) is 6.32 Å². The van der Waals surface area contributed by atoms with E-state index in [0.29, 0.717) is 0 Å². The Labute approximate surface area is 151 Å². The largest absolute Gasteiger partial charge is 0.426 e. The van der Waals surface area contributed by atoms with Gasteiger partial charge in [-0.05, 0) is 48.7 Å². The second-order valence-electron chi connectivity index (χ2n) is 8.02. The van der Waals surface area contributed by atoms with Crippen LogP contribution in [0.1, 0.15) is 33.3 Å². The first-order valence-corrected chi connectivity index (χ1v) is 8.83. The normalized spacial score (nSPS) is 18.2. The van der Waals surface area contributed by atoms with E-state index in [1.807, 2.05) is 30.1 Å². The number of hydrogen-bond acceptors (Lipinski definition) is 3. The van der Waals surface area contributed by atoms with Crippen LogP contribution in [0.15, 0.2) is 55.2 Å². The van der Waals surface area contributed by atoms with Crippen LogP contribution < -0.4 is 10.4 Å². The molecule has 1 fully saturated rings. The van der Waals surface area contributed by atoms with Crippen LogP contribution in [-0.4, -0.2) is 24.5 Å². The van der Waals surface area contributed by atoms with Gasteiger partial charge in [-0.3, -0.25) is 0 Å². The third-order valence-electron chi connectivity index (χ3n) is 5.78. The fourth-order valence-electron chi connectivity index (χ4n) is 3.23. The van der Waals surface area contributed by atoms with Gasteiger partial charge in [-0.1, -0.05) is 50.8 Å². The van der Waals surface area contributed by atoms with Crippen molar-refractivity contribution in [3.63, 3.8) is 0 Å². The summed E-state index contributed by atoms with van der Waals surface area (Å²) < 4.78 is 6.32. The van der Waals surface area contributed by atoms with Crippen LogP contribution in [0.25, 0.3) is 5.70 Å². The van der Waals surface area contributed by atoms with E-state index in [4.69, 9.17) is 4.65 Å². The highest BCUT2D eigenvalue weighted by Gasteiger charge is 2.49. The first-order chi connectivity index (χ1) is 11.7. The zero-order valence-corrected chi connectivity index (χ0v) is 15.9. The molecular formula is C21H27BN2O. The summed E-state index contributed by atoms with van der Waals surface area (Å²) in [7, 11) is 1.99. The van der Waals surface area contributed by atoms with E-state index >= 15 is 0 Å². The van der Waals surface area contributed by atoms with E-state index in [1.54, 1.807) is 6.20 Å². The van der Waals surface area contributed by atoms with Crippen LogP contribution >= 0.6 is 0 Å². The lowest BCUT2D eigenvalue weighted by molar-refractivity contribution is 0.0375. The number of nitrogens with zero attached hydrogens (tertiary/aromatic N) is 2. The Balaban J connectivity index is 1.76. The molecule has 0 amide bonds. The molecule has 1 saturated heterocycles. The van der Waals surface area contributed by atoms with Gasteiger partial charge in [0.05, 0.1) is 5.60 Å². The Morgan fingerprint density at radius 1 is 1.12 bits per heavy atom. The molecule has 0 saturated carbocycles. The quantitative estimate of drug-likeness (QED) is 0.783. The van der Waals surface area contributed by atoms with E-state index in [-0.39, 0.29) is 17.9 Å². The SMILES string of the molecule is C=C(c1ccc(B2CC(C)(C)C(C)(C)O2)cc1)N(C)c1ccccn1. The second kappa shape index (κ2) is 6.34. The maximum absolute atomic E-state index is 6.32. The van der Waals surface area contributed by atoms with Gasteiger partial charge in [0.25, 0.3) is 0 Å². The van der Waals surface area contributed by atoms with Crippen LogP contribution in [-0.2, 0) is 4.65 Å². The fraction of sp³-hybridized carbons (Fsp3) is 0.381. The first kappa shape index (κ1) is 17.7. The predicted octanol–water partition coefficient (Wildman–Crippen LogP) is 4.22. The minimum Gasteiger partial charge on any atom is -0.426 e. The van der Waals surface area contributed by atoms with E-state index < -0.39 is 0 Å². The molecule has 0 bridgehead atoms. The standard InChI is InChI=1S/C21H27BN2O/c1-16(24(6)19-9-7-8-14-23-19)17-10-12-18(13-11-17)22-15-20(2,3)21(4,5)25-22/h7-14H,1,15H2,2-6H3. The minimum absolute atomic E-state index is 0.112. The smallest absolute Gasteiger partial charge is 0.327 e. The maximum atomic E-state index is 6.32. The Morgan fingerprint density at radius 3 is 2.32 bits per heavy atom. The zero-order valence-electron chi connectivity index (χ0n) is 15.9. The number of benzene rings is 1. The second-order valence-corrected chi connectivity index (χ2v) is 8.02. The molecule has 2 aromatic rings. The minimum atomic E-state index is -0.112. The lowest BCUT2D eigenvalue weighted by Gasteiger charge is -2.34. The summed E-state index contributed by atoms with van der Waals surface area (Å²) in [4.78, 5) is 6.39. The number of anilines is 1. The van der Waals surface area contributed by atoms with Gasteiger partial charge < -0.3 is 9.55 Å². The molecule has 25 heavy (non-hydrogen) atoms. The number of rotatable bonds is 4. The van der Waals surface area contributed by atoms with E-state index in [2.05, 4.69) is 63.5 Å². The zero-order chi connectivity index (χ0) is 18.2. The molecular weight excluding hydrogens is 307 g/mol. The van der Waals surface area contributed by atoms with Crippen LogP contribution in [0.5, 0.6) is 0 Å². The van der Waals surface area contributed by atoms with Gasteiger partial charge in [-0.15, -0.1) is 0 Å². The highest BCUT2D eigenvalue weighted by atomic mass is 16.5. The third kappa shape index (κ3) is 3.36. The van der Waals surface area contributed by atoms with Gasteiger partial charge in [-0.25, -0.2) is 4.98 Å². The summed E-state index contributed by atoms with van der Waals surface area (Å²) in [6.07, 6.45) is 2.83. The molecule has 0 N–H and O–H groups in total. The lowest BCUT2D eigenvalue weighted by atomic mass is 9.54. The molecule has 4 heteroatoms. The number of pyridine rings is 1. The molecule has 3 nitrogen and oxygen atoms in total. The summed E-state index contributed by atoms with van der Waals surface area (Å²) in [5, 5.41) is 0. The van der Waals surface area contributed by atoms with Gasteiger partial charge in [0.2, 0.25) is 0 Å². The lowest BCUT2D eigenvalue weighted by Crippen LogP contribution is -2.36. The van der Waals surface area contributed by atoms with Crippen molar-refractivity contribution in [3.05, 3.63) is 60.8 Å². The topological polar surface area (TPSA) is 25.4 Å². The Kier molecular flexibility index (Phi) is 4.50. The molecule has 2 heterocycles.